The fraction of sp³-hybridized carbons (Fsp3) is 0.684. The van der Waals surface area contributed by atoms with Gasteiger partial charge >= 0.3 is 0 Å². The molecule has 1 N–H and O–H groups in total. The summed E-state index contributed by atoms with van der Waals surface area (Å²) >= 11 is 0. The molecule has 0 saturated carbocycles. The van der Waals surface area contributed by atoms with Gasteiger partial charge in [0.05, 0.1) is 5.69 Å². The SMILES string of the molecule is CCCCCCCCCCCCNc1ccc(C)cc1F. The minimum atomic E-state index is -0.137. The van der Waals surface area contributed by atoms with Crippen LogP contribution in [0.5, 0.6) is 0 Å². The minimum Gasteiger partial charge on any atom is -0.383 e. The van der Waals surface area contributed by atoms with Crippen molar-refractivity contribution in [1.82, 2.24) is 0 Å². The summed E-state index contributed by atoms with van der Waals surface area (Å²) in [4.78, 5) is 0. The van der Waals surface area contributed by atoms with E-state index in [2.05, 4.69) is 12.2 Å². The Morgan fingerprint density at radius 3 is 2.00 bits per heavy atom. The average Bonchev–Trinajstić information content (AvgIpc) is 2.46. The van der Waals surface area contributed by atoms with Gasteiger partial charge in [-0.2, -0.15) is 0 Å². The second-order valence-corrected chi connectivity index (χ2v) is 6.09. The van der Waals surface area contributed by atoms with Crippen LogP contribution >= 0.6 is 0 Å². The zero-order chi connectivity index (χ0) is 15.3. The Bertz CT molecular complexity index is 376. The lowest BCUT2D eigenvalue weighted by Gasteiger charge is -2.08. The van der Waals surface area contributed by atoms with Crippen molar-refractivity contribution in [3.63, 3.8) is 0 Å². The monoisotopic (exact) mass is 293 g/mol. The van der Waals surface area contributed by atoms with E-state index in [0.29, 0.717) is 5.69 Å². The van der Waals surface area contributed by atoms with Crippen molar-refractivity contribution in [2.24, 2.45) is 0 Å². The number of anilines is 1. The van der Waals surface area contributed by atoms with E-state index >= 15 is 0 Å². The highest BCUT2D eigenvalue weighted by Crippen LogP contribution is 2.15. The van der Waals surface area contributed by atoms with Gasteiger partial charge in [0.2, 0.25) is 0 Å². The molecule has 0 unspecified atom stereocenters. The van der Waals surface area contributed by atoms with Gasteiger partial charge in [0.1, 0.15) is 5.82 Å². The summed E-state index contributed by atoms with van der Waals surface area (Å²) in [5.41, 5.74) is 1.61. The number of nitrogens with one attached hydrogen (secondary N) is 1. The van der Waals surface area contributed by atoms with Crippen molar-refractivity contribution in [2.75, 3.05) is 11.9 Å². The predicted molar refractivity (Wildman–Crippen MR) is 91.5 cm³/mol. The number of rotatable bonds is 12. The third-order valence-corrected chi connectivity index (χ3v) is 3.97. The fourth-order valence-corrected chi connectivity index (χ4v) is 2.60. The van der Waals surface area contributed by atoms with Crippen LogP contribution in [0.1, 0.15) is 76.7 Å². The summed E-state index contributed by atoms with van der Waals surface area (Å²) in [6.45, 7) is 5.04. The summed E-state index contributed by atoms with van der Waals surface area (Å²) in [6, 6.07) is 5.37. The van der Waals surface area contributed by atoms with Crippen LogP contribution < -0.4 is 5.32 Å². The largest absolute Gasteiger partial charge is 0.383 e. The molecule has 0 heterocycles. The zero-order valence-corrected chi connectivity index (χ0v) is 13.9. The molecule has 0 fully saturated rings. The maximum atomic E-state index is 13.6. The van der Waals surface area contributed by atoms with E-state index in [0.717, 1.165) is 18.5 Å². The van der Waals surface area contributed by atoms with Gasteiger partial charge in [-0.15, -0.1) is 0 Å². The molecule has 0 amide bonds. The molecule has 21 heavy (non-hydrogen) atoms. The average molecular weight is 293 g/mol. The number of halogens is 1. The number of aryl methyl sites for hydroxylation is 1. The van der Waals surface area contributed by atoms with Crippen LogP contribution in [-0.2, 0) is 0 Å². The Morgan fingerprint density at radius 1 is 0.857 bits per heavy atom. The van der Waals surface area contributed by atoms with Gasteiger partial charge in [-0.05, 0) is 31.0 Å². The van der Waals surface area contributed by atoms with Gasteiger partial charge in [-0.1, -0.05) is 70.8 Å². The fourth-order valence-electron chi connectivity index (χ4n) is 2.60. The molecule has 1 aromatic carbocycles. The highest BCUT2D eigenvalue weighted by molar-refractivity contribution is 5.45. The Balaban J connectivity index is 1.93. The van der Waals surface area contributed by atoms with Gasteiger partial charge in [0, 0.05) is 6.54 Å². The first-order chi connectivity index (χ1) is 10.2. The van der Waals surface area contributed by atoms with Crippen LogP contribution in [0, 0.1) is 12.7 Å². The number of unbranched alkanes of at least 4 members (excludes halogenated alkanes) is 9. The molecule has 0 aliphatic carbocycles. The molecular weight excluding hydrogens is 261 g/mol. The van der Waals surface area contributed by atoms with Crippen LogP contribution in [0.15, 0.2) is 18.2 Å². The molecule has 0 atom stereocenters. The van der Waals surface area contributed by atoms with Crippen LogP contribution in [0.2, 0.25) is 0 Å². The summed E-state index contributed by atoms with van der Waals surface area (Å²) in [7, 11) is 0. The van der Waals surface area contributed by atoms with E-state index in [4.69, 9.17) is 0 Å². The Kier molecular flexibility index (Phi) is 9.94. The molecular formula is C19H32FN. The minimum absolute atomic E-state index is 0.137. The topological polar surface area (TPSA) is 12.0 Å². The van der Waals surface area contributed by atoms with Crippen LogP contribution in [-0.4, -0.2) is 6.54 Å². The maximum absolute atomic E-state index is 13.6. The maximum Gasteiger partial charge on any atom is 0.146 e. The van der Waals surface area contributed by atoms with Crippen LogP contribution in [0.4, 0.5) is 10.1 Å². The van der Waals surface area contributed by atoms with Crippen molar-refractivity contribution in [3.8, 4) is 0 Å². The van der Waals surface area contributed by atoms with Crippen molar-refractivity contribution in [2.45, 2.75) is 78.1 Å². The molecule has 120 valence electrons. The van der Waals surface area contributed by atoms with E-state index in [1.807, 2.05) is 19.1 Å². The van der Waals surface area contributed by atoms with Crippen molar-refractivity contribution >= 4 is 5.69 Å². The third-order valence-electron chi connectivity index (χ3n) is 3.97. The quantitative estimate of drug-likeness (QED) is 0.436. The van der Waals surface area contributed by atoms with E-state index in [1.54, 1.807) is 6.07 Å². The molecule has 1 nitrogen and oxygen atoms in total. The van der Waals surface area contributed by atoms with Gasteiger partial charge in [-0.25, -0.2) is 4.39 Å². The lowest BCUT2D eigenvalue weighted by Crippen LogP contribution is -2.03. The smallest absolute Gasteiger partial charge is 0.146 e. The van der Waals surface area contributed by atoms with E-state index in [-0.39, 0.29) is 5.82 Å². The van der Waals surface area contributed by atoms with Crippen LogP contribution in [0.3, 0.4) is 0 Å². The first-order valence-electron chi connectivity index (χ1n) is 8.74. The molecule has 0 saturated heterocycles. The van der Waals surface area contributed by atoms with E-state index < -0.39 is 0 Å². The highest BCUT2D eigenvalue weighted by atomic mass is 19.1. The van der Waals surface area contributed by atoms with E-state index in [9.17, 15) is 4.39 Å². The molecule has 0 radical (unpaired) electrons. The Morgan fingerprint density at radius 2 is 1.43 bits per heavy atom. The molecule has 1 rings (SSSR count). The normalized spacial score (nSPS) is 10.8. The molecule has 0 spiro atoms. The lowest BCUT2D eigenvalue weighted by atomic mass is 10.1. The molecule has 2 heteroatoms. The lowest BCUT2D eigenvalue weighted by molar-refractivity contribution is 0.559. The second-order valence-electron chi connectivity index (χ2n) is 6.09. The molecule has 0 aliphatic heterocycles. The number of hydrogen-bond acceptors (Lipinski definition) is 1. The molecule has 1 aromatic rings. The first-order valence-corrected chi connectivity index (χ1v) is 8.74. The number of benzene rings is 1. The van der Waals surface area contributed by atoms with Crippen molar-refractivity contribution in [1.29, 1.82) is 0 Å². The molecule has 0 aromatic heterocycles. The number of hydrogen-bond donors (Lipinski definition) is 1. The molecule has 0 bridgehead atoms. The summed E-state index contributed by atoms with van der Waals surface area (Å²) < 4.78 is 13.6. The first kappa shape index (κ1) is 18.0. The zero-order valence-electron chi connectivity index (χ0n) is 13.9. The van der Waals surface area contributed by atoms with Crippen molar-refractivity contribution < 1.29 is 4.39 Å². The summed E-state index contributed by atoms with van der Waals surface area (Å²) in [5.74, 6) is -0.137. The second kappa shape index (κ2) is 11.6. The standard InChI is InChI=1S/C19H32FN/c1-3-4-5-6-7-8-9-10-11-12-15-21-19-14-13-17(2)16-18(19)20/h13-14,16,21H,3-12,15H2,1-2H3. The Labute approximate surface area is 130 Å². The Hall–Kier alpha value is -1.05. The van der Waals surface area contributed by atoms with Gasteiger partial charge in [0.15, 0.2) is 0 Å². The van der Waals surface area contributed by atoms with E-state index in [1.165, 1.54) is 57.8 Å². The third kappa shape index (κ3) is 8.75. The predicted octanol–water partition coefficient (Wildman–Crippen LogP) is 6.47. The van der Waals surface area contributed by atoms with Crippen LogP contribution in [0.25, 0.3) is 0 Å². The van der Waals surface area contributed by atoms with Gasteiger partial charge < -0.3 is 5.32 Å². The molecule has 0 aliphatic rings. The highest BCUT2D eigenvalue weighted by Gasteiger charge is 2.00. The summed E-state index contributed by atoms with van der Waals surface area (Å²) in [6.07, 6.45) is 13.3. The van der Waals surface area contributed by atoms with Gasteiger partial charge in [0.25, 0.3) is 0 Å². The van der Waals surface area contributed by atoms with Crippen molar-refractivity contribution in [3.05, 3.63) is 29.6 Å². The summed E-state index contributed by atoms with van der Waals surface area (Å²) in [5, 5.41) is 3.19. The van der Waals surface area contributed by atoms with Gasteiger partial charge in [-0.3, -0.25) is 0 Å².